The Hall–Kier alpha value is -3.46. The van der Waals surface area contributed by atoms with Crippen LogP contribution < -0.4 is 10.2 Å². The Morgan fingerprint density at radius 1 is 0.943 bits per heavy atom. The van der Waals surface area contributed by atoms with Gasteiger partial charge >= 0.3 is 11.9 Å². The summed E-state index contributed by atoms with van der Waals surface area (Å²) in [6.07, 6.45) is 0.657. The van der Waals surface area contributed by atoms with Crippen LogP contribution in [0.2, 0.25) is 15.1 Å². The lowest BCUT2D eigenvalue weighted by molar-refractivity contribution is 0.0652. The van der Waals surface area contributed by atoms with Gasteiger partial charge < -0.3 is 24.5 Å². The van der Waals surface area contributed by atoms with Gasteiger partial charge in [0.25, 0.3) is 0 Å². The van der Waals surface area contributed by atoms with E-state index in [1.807, 2.05) is 6.92 Å². The molecule has 0 unspecified atom stereocenters. The second-order valence-corrected chi connectivity index (χ2v) is 8.61. The molecule has 0 saturated heterocycles. The largest absolute Gasteiger partial charge is 0.504 e. The molecule has 0 bridgehead atoms. The number of phenolic OH excluding ortho intramolecular Hbond substituents is 1. The summed E-state index contributed by atoms with van der Waals surface area (Å²) in [6.45, 7) is 2.17. The number of benzene rings is 3. The molecule has 0 amide bonds. The Bertz CT molecular complexity index is 1560. The molecule has 0 radical (unpaired) electrons. The van der Waals surface area contributed by atoms with Gasteiger partial charge in [-0.05, 0) is 24.6 Å². The van der Waals surface area contributed by atoms with E-state index in [-0.39, 0.29) is 44.4 Å². The maximum atomic E-state index is 12.0. The second-order valence-electron chi connectivity index (χ2n) is 7.48. The van der Waals surface area contributed by atoms with E-state index in [1.54, 1.807) is 0 Å². The third-order valence-corrected chi connectivity index (χ3v) is 6.46. The van der Waals surface area contributed by atoms with Crippen LogP contribution in [-0.2, 0) is 0 Å². The standard InChI is InChI=1S/C24H15Cl3O8/c1-2-5-34-15-7-11-14(8-12(15)29)35-13-6-9(28)3-4-10(13)16(11)17-20(25)18(23(30)31)19(24(32)33)22(27)21(17)26/h3-4,6-8,29H,2,5H2,1H3,(H,30,31)(H,32,33). The Kier molecular flexibility index (Phi) is 6.55. The molecule has 2 aliphatic rings. The molecule has 3 N–H and O–H groups in total. The van der Waals surface area contributed by atoms with Crippen LogP contribution in [0.25, 0.3) is 33.4 Å². The summed E-state index contributed by atoms with van der Waals surface area (Å²) in [4.78, 5) is 35.8. The summed E-state index contributed by atoms with van der Waals surface area (Å²) in [5, 5.41) is 28.7. The highest BCUT2D eigenvalue weighted by molar-refractivity contribution is 6.49. The van der Waals surface area contributed by atoms with E-state index in [4.69, 9.17) is 44.0 Å². The van der Waals surface area contributed by atoms with Gasteiger partial charge in [0.1, 0.15) is 11.3 Å². The molecule has 0 spiro atoms. The van der Waals surface area contributed by atoms with Crippen molar-refractivity contribution < 1.29 is 34.1 Å². The van der Waals surface area contributed by atoms with E-state index in [9.17, 15) is 29.7 Å². The normalized spacial score (nSPS) is 11.2. The van der Waals surface area contributed by atoms with Gasteiger partial charge in [0.2, 0.25) is 0 Å². The molecule has 180 valence electrons. The van der Waals surface area contributed by atoms with Gasteiger partial charge in [0, 0.05) is 34.2 Å². The summed E-state index contributed by atoms with van der Waals surface area (Å²) < 4.78 is 11.4. The molecule has 1 aliphatic carbocycles. The van der Waals surface area contributed by atoms with Gasteiger partial charge in [0.05, 0.1) is 32.8 Å². The fourth-order valence-electron chi connectivity index (χ4n) is 3.76. The van der Waals surface area contributed by atoms with Gasteiger partial charge in [0.15, 0.2) is 16.9 Å². The minimum absolute atomic E-state index is 0.0858. The van der Waals surface area contributed by atoms with Gasteiger partial charge in [-0.15, -0.1) is 0 Å². The lowest BCUT2D eigenvalue weighted by atomic mass is 9.91. The molecule has 8 nitrogen and oxygen atoms in total. The van der Waals surface area contributed by atoms with Gasteiger partial charge in [-0.25, -0.2) is 9.59 Å². The zero-order valence-corrected chi connectivity index (χ0v) is 20.1. The number of ether oxygens (including phenoxy) is 1. The molecule has 0 aromatic heterocycles. The van der Waals surface area contributed by atoms with Crippen LogP contribution in [0.1, 0.15) is 34.1 Å². The number of rotatable bonds is 6. The third kappa shape index (κ3) is 4.14. The van der Waals surface area contributed by atoms with Crippen LogP contribution in [0.15, 0.2) is 39.5 Å². The molecule has 35 heavy (non-hydrogen) atoms. The highest BCUT2D eigenvalue weighted by Gasteiger charge is 2.32. The monoisotopic (exact) mass is 536 g/mol. The molecule has 0 atom stereocenters. The fourth-order valence-corrected chi connectivity index (χ4v) is 4.73. The summed E-state index contributed by atoms with van der Waals surface area (Å²) in [7, 11) is 0. The number of phenols is 1. The van der Waals surface area contributed by atoms with E-state index in [1.165, 1.54) is 30.3 Å². The first-order valence-electron chi connectivity index (χ1n) is 10.1. The summed E-state index contributed by atoms with van der Waals surface area (Å²) in [5.41, 5.74) is -1.37. The Labute approximate surface area is 212 Å². The van der Waals surface area contributed by atoms with Crippen LogP contribution in [0, 0.1) is 0 Å². The number of aromatic carboxylic acids is 2. The van der Waals surface area contributed by atoms with Crippen molar-refractivity contribution in [3.8, 4) is 33.9 Å². The van der Waals surface area contributed by atoms with Crippen molar-refractivity contribution in [2.75, 3.05) is 6.61 Å². The van der Waals surface area contributed by atoms with Gasteiger partial charge in [-0.3, -0.25) is 4.79 Å². The van der Waals surface area contributed by atoms with Crippen molar-refractivity contribution in [2.45, 2.75) is 13.3 Å². The van der Waals surface area contributed by atoms with Crippen molar-refractivity contribution in [2.24, 2.45) is 0 Å². The van der Waals surface area contributed by atoms with E-state index in [0.29, 0.717) is 24.0 Å². The zero-order valence-electron chi connectivity index (χ0n) is 17.8. The van der Waals surface area contributed by atoms with E-state index in [2.05, 4.69) is 0 Å². The number of fused-ring (bicyclic) bond motifs is 2. The molecule has 0 fully saturated rings. The number of carbonyl (C=O) groups is 2. The molecule has 1 heterocycles. The van der Waals surface area contributed by atoms with E-state index in [0.717, 1.165) is 0 Å². The first-order chi connectivity index (χ1) is 16.6. The van der Waals surface area contributed by atoms with Crippen molar-refractivity contribution in [3.05, 3.63) is 66.7 Å². The quantitative estimate of drug-likeness (QED) is 0.190. The summed E-state index contributed by atoms with van der Waals surface area (Å²) >= 11 is 19.2. The highest BCUT2D eigenvalue weighted by Crippen LogP contribution is 2.51. The predicted octanol–water partition coefficient (Wildman–Crippen LogP) is 6.42. The number of carboxylic acids is 2. The van der Waals surface area contributed by atoms with Crippen LogP contribution >= 0.6 is 34.8 Å². The van der Waals surface area contributed by atoms with E-state index < -0.39 is 33.1 Å². The number of hydrogen-bond donors (Lipinski definition) is 3. The first-order valence-corrected chi connectivity index (χ1v) is 11.2. The molecule has 1 aliphatic heterocycles. The Balaban J connectivity index is 2.25. The predicted molar refractivity (Wildman–Crippen MR) is 131 cm³/mol. The highest BCUT2D eigenvalue weighted by atomic mass is 35.5. The first kappa shape index (κ1) is 24.7. The maximum absolute atomic E-state index is 12.0. The van der Waals surface area contributed by atoms with Crippen LogP contribution in [0.5, 0.6) is 11.5 Å². The third-order valence-electron chi connectivity index (χ3n) is 5.23. The average molecular weight is 538 g/mol. The average Bonchev–Trinajstić information content (AvgIpc) is 2.79. The minimum atomic E-state index is -1.63. The minimum Gasteiger partial charge on any atom is -0.504 e. The molecular formula is C24H15Cl3O8. The van der Waals surface area contributed by atoms with Crippen LogP contribution in [0.3, 0.4) is 0 Å². The van der Waals surface area contributed by atoms with Crippen molar-refractivity contribution in [1.29, 1.82) is 0 Å². The lowest BCUT2D eigenvalue weighted by Gasteiger charge is -2.20. The van der Waals surface area contributed by atoms with Crippen molar-refractivity contribution >= 4 is 57.7 Å². The molecule has 2 aromatic carbocycles. The number of halogens is 3. The van der Waals surface area contributed by atoms with Crippen LogP contribution in [0.4, 0.5) is 0 Å². The number of hydrogen-bond acceptors (Lipinski definition) is 6. The summed E-state index contributed by atoms with van der Waals surface area (Å²) in [6, 6.07) is 6.62. The second kappa shape index (κ2) is 9.30. The van der Waals surface area contributed by atoms with Crippen molar-refractivity contribution in [1.82, 2.24) is 0 Å². The number of aromatic hydroxyl groups is 1. The van der Waals surface area contributed by atoms with Crippen molar-refractivity contribution in [3.63, 3.8) is 0 Å². The summed E-state index contributed by atoms with van der Waals surface area (Å²) in [5.74, 6) is -3.30. The molecule has 11 heteroatoms. The smallest absolute Gasteiger partial charge is 0.338 e. The Morgan fingerprint density at radius 3 is 2.23 bits per heavy atom. The van der Waals surface area contributed by atoms with Crippen LogP contribution in [-0.4, -0.2) is 33.9 Å². The lowest BCUT2D eigenvalue weighted by Crippen LogP contribution is -2.11. The van der Waals surface area contributed by atoms with Gasteiger partial charge in [-0.1, -0.05) is 41.7 Å². The topological polar surface area (TPSA) is 134 Å². The zero-order chi connectivity index (χ0) is 25.6. The Morgan fingerprint density at radius 2 is 1.60 bits per heavy atom. The number of carboxylic acid groups (broad SMARTS) is 2. The molecule has 2 aromatic rings. The SMILES string of the molecule is CCCOc1cc2c(-c3c(Cl)c(Cl)c(C(=O)O)c(C(=O)O)c3Cl)c3ccc(=O)cc-3oc2cc1O. The maximum Gasteiger partial charge on any atom is 0.338 e. The molecule has 0 saturated carbocycles. The molecule has 4 rings (SSSR count). The fraction of sp³-hybridized carbons (Fsp3) is 0.125. The van der Waals surface area contributed by atoms with Gasteiger partial charge in [-0.2, -0.15) is 0 Å². The van der Waals surface area contributed by atoms with E-state index >= 15 is 0 Å². The molecular weight excluding hydrogens is 523 g/mol.